The number of hydrogen-bond donors (Lipinski definition) is 0. The van der Waals surface area contributed by atoms with E-state index < -0.39 is 0 Å². The molecule has 8 heteroatoms. The first-order valence-corrected chi connectivity index (χ1v) is 14.4. The van der Waals surface area contributed by atoms with Crippen molar-refractivity contribution in [1.82, 2.24) is 0 Å². The highest BCUT2D eigenvalue weighted by molar-refractivity contribution is 6.00. The average Bonchev–Trinajstić information content (AvgIpc) is 3.39. The van der Waals surface area contributed by atoms with Gasteiger partial charge in [-0.1, -0.05) is 60.7 Å². The van der Waals surface area contributed by atoms with Crippen LogP contribution in [0.5, 0.6) is 34.5 Å². The molecule has 0 aromatic heterocycles. The second-order valence-electron chi connectivity index (χ2n) is 10.5. The number of carbonyl (C=O) groups is 1. The molecule has 8 nitrogen and oxygen atoms in total. The molecule has 1 saturated heterocycles. The van der Waals surface area contributed by atoms with Gasteiger partial charge >= 0.3 is 5.97 Å². The van der Waals surface area contributed by atoms with Crippen LogP contribution in [0.4, 0.5) is 0 Å². The van der Waals surface area contributed by atoms with Crippen LogP contribution in [0.25, 0.3) is 17.2 Å². The van der Waals surface area contributed by atoms with Crippen LogP contribution in [-0.4, -0.2) is 41.0 Å². The summed E-state index contributed by atoms with van der Waals surface area (Å²) >= 11 is 0. The molecule has 1 heterocycles. The fourth-order valence-electron chi connectivity index (χ4n) is 5.85. The van der Waals surface area contributed by atoms with Gasteiger partial charge in [-0.3, -0.25) is 0 Å². The number of ether oxygens (including phenoxy) is 7. The van der Waals surface area contributed by atoms with Crippen molar-refractivity contribution in [3.8, 4) is 45.6 Å². The van der Waals surface area contributed by atoms with Crippen molar-refractivity contribution in [3.05, 3.63) is 101 Å². The molecule has 226 valence electrons. The highest BCUT2D eigenvalue weighted by Crippen LogP contribution is 2.56. The standard InChI is InChI=1S/C36H34O8/c1-38-28-17-25-16-27-26(21-44-36(27)37)15-24-18-29(42-19-22-11-7-5-8-12-22)33(43-20-23-13-9-6-10-14-23)35(41-4)30(24)31(25)34(40-3)32(28)39-2/h5-14,16-18,26H,15,19-21H2,1-4H3/b27-16+. The van der Waals surface area contributed by atoms with Crippen molar-refractivity contribution in [2.24, 2.45) is 5.92 Å². The minimum absolute atomic E-state index is 0.170. The molecule has 1 atom stereocenters. The zero-order valence-electron chi connectivity index (χ0n) is 25.2. The molecule has 0 N–H and O–H groups in total. The molecule has 4 aromatic carbocycles. The molecule has 1 aliphatic carbocycles. The first-order chi connectivity index (χ1) is 21.6. The summed E-state index contributed by atoms with van der Waals surface area (Å²) in [6, 6.07) is 23.7. The number of cyclic esters (lactones) is 1. The van der Waals surface area contributed by atoms with E-state index in [1.807, 2.05) is 78.9 Å². The fourth-order valence-corrected chi connectivity index (χ4v) is 5.85. The Labute approximate surface area is 256 Å². The van der Waals surface area contributed by atoms with E-state index in [2.05, 4.69) is 0 Å². The van der Waals surface area contributed by atoms with Crippen molar-refractivity contribution in [2.75, 3.05) is 35.0 Å². The summed E-state index contributed by atoms with van der Waals surface area (Å²) in [6.45, 7) is 0.896. The van der Waals surface area contributed by atoms with Crippen LogP contribution in [0.2, 0.25) is 0 Å². The molecule has 0 amide bonds. The molecular weight excluding hydrogens is 560 g/mol. The highest BCUT2D eigenvalue weighted by atomic mass is 16.5. The van der Waals surface area contributed by atoms with Gasteiger partial charge in [0.25, 0.3) is 0 Å². The molecule has 6 rings (SSSR count). The number of hydrogen-bond acceptors (Lipinski definition) is 8. The molecule has 1 aliphatic heterocycles. The SMILES string of the molecule is COc1cc2c(c(OC)c1OC)-c1c(cc(OCc3ccccc3)c(OCc3ccccc3)c1OC)CC1COC(=O)/C1=C/2. The minimum Gasteiger partial charge on any atom is -0.493 e. The summed E-state index contributed by atoms with van der Waals surface area (Å²) in [5, 5.41) is 0. The quantitative estimate of drug-likeness (QED) is 0.189. The molecule has 0 bridgehead atoms. The molecule has 2 aliphatic rings. The van der Waals surface area contributed by atoms with Gasteiger partial charge in [-0.2, -0.15) is 0 Å². The second kappa shape index (κ2) is 12.6. The first kappa shape index (κ1) is 29.0. The Balaban J connectivity index is 1.61. The summed E-state index contributed by atoms with van der Waals surface area (Å²) in [7, 11) is 6.31. The fraction of sp³-hybridized carbons (Fsp3) is 0.250. The summed E-state index contributed by atoms with van der Waals surface area (Å²) in [5.74, 6) is 2.28. The van der Waals surface area contributed by atoms with Crippen LogP contribution in [0, 0.1) is 5.92 Å². The molecule has 0 radical (unpaired) electrons. The maximum atomic E-state index is 12.9. The van der Waals surface area contributed by atoms with Crippen LogP contribution in [0.1, 0.15) is 22.3 Å². The summed E-state index contributed by atoms with van der Waals surface area (Å²) in [5.41, 5.74) is 5.61. The van der Waals surface area contributed by atoms with Gasteiger partial charge in [0.1, 0.15) is 13.2 Å². The topological polar surface area (TPSA) is 81.7 Å². The molecule has 0 saturated carbocycles. The minimum atomic E-state index is -0.339. The van der Waals surface area contributed by atoms with Crippen molar-refractivity contribution in [1.29, 1.82) is 0 Å². The van der Waals surface area contributed by atoms with Crippen LogP contribution in [0.15, 0.2) is 78.4 Å². The third-order valence-electron chi connectivity index (χ3n) is 7.93. The van der Waals surface area contributed by atoms with Crippen molar-refractivity contribution in [2.45, 2.75) is 19.6 Å². The van der Waals surface area contributed by atoms with Crippen molar-refractivity contribution >= 4 is 12.0 Å². The van der Waals surface area contributed by atoms with E-state index in [4.69, 9.17) is 33.2 Å². The Hall–Kier alpha value is -5.11. The van der Waals surface area contributed by atoms with Crippen molar-refractivity contribution in [3.63, 3.8) is 0 Å². The van der Waals surface area contributed by atoms with Gasteiger partial charge in [0.2, 0.25) is 11.5 Å². The van der Waals surface area contributed by atoms with Gasteiger partial charge in [0, 0.05) is 22.6 Å². The predicted octanol–water partition coefficient (Wildman–Crippen LogP) is 6.66. The van der Waals surface area contributed by atoms with E-state index in [1.54, 1.807) is 28.4 Å². The molecule has 44 heavy (non-hydrogen) atoms. The van der Waals surface area contributed by atoms with E-state index in [0.29, 0.717) is 70.8 Å². The van der Waals surface area contributed by atoms with Gasteiger partial charge in [0.15, 0.2) is 23.0 Å². The maximum absolute atomic E-state index is 12.9. The van der Waals surface area contributed by atoms with Crippen LogP contribution in [0.3, 0.4) is 0 Å². The lowest BCUT2D eigenvalue weighted by Crippen LogP contribution is -2.13. The third kappa shape index (κ3) is 5.39. The zero-order chi connectivity index (χ0) is 30.6. The summed E-state index contributed by atoms with van der Waals surface area (Å²) < 4.78 is 42.1. The van der Waals surface area contributed by atoms with E-state index in [-0.39, 0.29) is 18.5 Å². The maximum Gasteiger partial charge on any atom is 0.334 e. The zero-order valence-corrected chi connectivity index (χ0v) is 25.2. The van der Waals surface area contributed by atoms with Gasteiger partial charge < -0.3 is 33.2 Å². The lowest BCUT2D eigenvalue weighted by Gasteiger charge is -2.27. The summed E-state index contributed by atoms with van der Waals surface area (Å²) in [6.07, 6.45) is 2.35. The van der Waals surface area contributed by atoms with E-state index in [9.17, 15) is 4.79 Å². The van der Waals surface area contributed by atoms with Gasteiger partial charge in [-0.05, 0) is 46.9 Å². The Morgan fingerprint density at radius 1 is 0.682 bits per heavy atom. The normalized spacial score (nSPS) is 16.1. The molecule has 4 aromatic rings. The highest BCUT2D eigenvalue weighted by Gasteiger charge is 2.37. The molecular formula is C36H34O8. The van der Waals surface area contributed by atoms with Crippen LogP contribution < -0.4 is 28.4 Å². The van der Waals surface area contributed by atoms with Crippen molar-refractivity contribution < 1.29 is 38.0 Å². The van der Waals surface area contributed by atoms with Gasteiger partial charge in [-0.25, -0.2) is 4.79 Å². The number of fused-ring (bicyclic) bond motifs is 4. The number of esters is 1. The lowest BCUT2D eigenvalue weighted by atomic mass is 9.82. The largest absolute Gasteiger partial charge is 0.493 e. The van der Waals surface area contributed by atoms with Crippen LogP contribution in [-0.2, 0) is 29.2 Å². The number of rotatable bonds is 10. The van der Waals surface area contributed by atoms with Gasteiger partial charge in [0.05, 0.1) is 35.0 Å². The van der Waals surface area contributed by atoms with Crippen LogP contribution >= 0.6 is 0 Å². The number of methoxy groups -OCH3 is 4. The molecule has 1 fully saturated rings. The molecule has 1 unspecified atom stereocenters. The monoisotopic (exact) mass is 594 g/mol. The summed E-state index contributed by atoms with van der Waals surface area (Å²) in [4.78, 5) is 12.9. The Bertz CT molecular complexity index is 1700. The van der Waals surface area contributed by atoms with E-state index >= 15 is 0 Å². The first-order valence-electron chi connectivity index (χ1n) is 14.4. The predicted molar refractivity (Wildman–Crippen MR) is 166 cm³/mol. The number of benzene rings is 4. The lowest BCUT2D eigenvalue weighted by molar-refractivity contribution is -0.135. The molecule has 0 spiro atoms. The Morgan fingerprint density at radius 2 is 1.30 bits per heavy atom. The third-order valence-corrected chi connectivity index (χ3v) is 7.93. The second-order valence-corrected chi connectivity index (χ2v) is 10.5. The number of carbonyl (C=O) groups excluding carboxylic acids is 1. The van der Waals surface area contributed by atoms with E-state index in [1.165, 1.54) is 0 Å². The Kier molecular flexibility index (Phi) is 8.32. The Morgan fingerprint density at radius 3 is 1.91 bits per heavy atom. The smallest absolute Gasteiger partial charge is 0.334 e. The van der Waals surface area contributed by atoms with Gasteiger partial charge in [-0.15, -0.1) is 0 Å². The average molecular weight is 595 g/mol. The van der Waals surface area contributed by atoms with E-state index in [0.717, 1.165) is 22.3 Å².